The molecule has 6 heteroatoms. The van der Waals surface area contributed by atoms with Crippen molar-refractivity contribution in [1.82, 2.24) is 0 Å². The van der Waals surface area contributed by atoms with Crippen molar-refractivity contribution < 1.29 is 14.7 Å². The van der Waals surface area contributed by atoms with Crippen LogP contribution in [-0.2, 0) is 4.79 Å². The summed E-state index contributed by atoms with van der Waals surface area (Å²) < 4.78 is 0.937. The molecule has 148 valence electrons. The molecule has 0 unspecified atom stereocenters. The molecule has 0 radical (unpaired) electrons. The molecule has 1 amide bonds. The van der Waals surface area contributed by atoms with E-state index in [9.17, 15) is 9.59 Å². The number of amides is 1. The first-order valence-corrected chi connectivity index (χ1v) is 10.0. The van der Waals surface area contributed by atoms with Crippen LogP contribution in [0.25, 0.3) is 6.08 Å². The molecule has 0 spiro atoms. The van der Waals surface area contributed by atoms with Gasteiger partial charge in [0.2, 0.25) is 0 Å². The van der Waals surface area contributed by atoms with Gasteiger partial charge in [-0.3, -0.25) is 9.69 Å². The number of carbonyl (C=O) groups is 2. The third-order valence-electron chi connectivity index (χ3n) is 4.72. The highest BCUT2D eigenvalue weighted by atomic mass is 79.9. The number of benzene rings is 3. The molecule has 0 fully saturated rings. The first kappa shape index (κ1) is 19.8. The van der Waals surface area contributed by atoms with E-state index in [2.05, 4.69) is 20.9 Å². The van der Waals surface area contributed by atoms with Crippen LogP contribution in [0.3, 0.4) is 0 Å². The van der Waals surface area contributed by atoms with Gasteiger partial charge in [0.15, 0.2) is 0 Å². The topological polar surface area (TPSA) is 70.0 Å². The highest BCUT2D eigenvalue weighted by molar-refractivity contribution is 9.10. The predicted octanol–water partition coefficient (Wildman–Crippen LogP) is 5.29. The van der Waals surface area contributed by atoms with Gasteiger partial charge in [-0.1, -0.05) is 57.9 Å². The molecule has 1 aliphatic rings. The summed E-state index contributed by atoms with van der Waals surface area (Å²) in [6, 6.07) is 21.6. The number of nitrogens with zero attached hydrogens (tertiary/aromatic N) is 2. The number of amidine groups is 1. The van der Waals surface area contributed by atoms with Crippen LogP contribution in [0.5, 0.6) is 0 Å². The van der Waals surface area contributed by atoms with Gasteiger partial charge in [-0.25, -0.2) is 9.79 Å². The fraction of sp³-hybridized carbons (Fsp3) is 0.0417. The Balaban J connectivity index is 1.78. The monoisotopic (exact) mass is 460 g/mol. The number of halogens is 1. The van der Waals surface area contributed by atoms with Crippen molar-refractivity contribution in [1.29, 1.82) is 0 Å². The Morgan fingerprint density at radius 3 is 2.20 bits per heavy atom. The number of anilines is 1. The minimum Gasteiger partial charge on any atom is -0.478 e. The standard InChI is InChI=1S/C24H17BrN2O3/c1-15-2-12-20(13-3-15)27-22(17-8-10-19(25)11-9-17)26-21(23(27)28)14-16-4-6-18(7-5-16)24(29)30/h2-14H,1H3,(H,29,30)/b21-14+. The minimum atomic E-state index is -0.993. The molecule has 0 aromatic heterocycles. The van der Waals surface area contributed by atoms with E-state index in [0.717, 1.165) is 21.3 Å². The van der Waals surface area contributed by atoms with Crippen molar-refractivity contribution in [2.45, 2.75) is 6.92 Å². The summed E-state index contributed by atoms with van der Waals surface area (Å²) >= 11 is 3.43. The minimum absolute atomic E-state index is 0.190. The number of carbonyl (C=O) groups excluding carboxylic acids is 1. The zero-order valence-electron chi connectivity index (χ0n) is 16.0. The van der Waals surface area contributed by atoms with Gasteiger partial charge < -0.3 is 5.11 Å². The molecule has 0 aliphatic carbocycles. The molecule has 5 nitrogen and oxygen atoms in total. The summed E-state index contributed by atoms with van der Waals surface area (Å²) in [5, 5.41) is 9.06. The van der Waals surface area contributed by atoms with Gasteiger partial charge in [0.05, 0.1) is 11.3 Å². The Bertz CT molecular complexity index is 1180. The second-order valence-corrected chi connectivity index (χ2v) is 7.79. The summed E-state index contributed by atoms with van der Waals surface area (Å²) in [6.45, 7) is 1.99. The van der Waals surface area contributed by atoms with Gasteiger partial charge in [0.25, 0.3) is 5.91 Å². The second kappa shape index (κ2) is 8.08. The smallest absolute Gasteiger partial charge is 0.335 e. The number of rotatable bonds is 4. The van der Waals surface area contributed by atoms with E-state index in [1.165, 1.54) is 12.1 Å². The van der Waals surface area contributed by atoms with E-state index in [1.807, 2.05) is 55.5 Å². The molecule has 0 bridgehead atoms. The number of aromatic carboxylic acids is 1. The summed E-state index contributed by atoms with van der Waals surface area (Å²) in [5.74, 6) is -0.684. The Morgan fingerprint density at radius 2 is 1.60 bits per heavy atom. The third kappa shape index (κ3) is 3.95. The van der Waals surface area contributed by atoms with Crippen LogP contribution >= 0.6 is 15.9 Å². The van der Waals surface area contributed by atoms with Crippen molar-refractivity contribution in [3.63, 3.8) is 0 Å². The van der Waals surface area contributed by atoms with Gasteiger partial charge >= 0.3 is 5.97 Å². The molecule has 0 saturated heterocycles. The molecular formula is C24H17BrN2O3. The highest BCUT2D eigenvalue weighted by Gasteiger charge is 2.32. The van der Waals surface area contributed by atoms with Gasteiger partial charge in [0.1, 0.15) is 11.5 Å². The van der Waals surface area contributed by atoms with Crippen molar-refractivity contribution in [3.05, 3.63) is 105 Å². The Morgan fingerprint density at radius 1 is 0.967 bits per heavy atom. The van der Waals surface area contributed by atoms with E-state index >= 15 is 0 Å². The van der Waals surface area contributed by atoms with E-state index in [4.69, 9.17) is 5.11 Å². The van der Waals surface area contributed by atoms with E-state index < -0.39 is 5.97 Å². The number of aryl methyl sites for hydroxylation is 1. The van der Waals surface area contributed by atoms with Crippen molar-refractivity contribution >= 4 is 45.4 Å². The van der Waals surface area contributed by atoms with Crippen molar-refractivity contribution in [2.75, 3.05) is 4.90 Å². The van der Waals surface area contributed by atoms with Gasteiger partial charge in [-0.2, -0.15) is 0 Å². The highest BCUT2D eigenvalue weighted by Crippen LogP contribution is 2.28. The molecule has 4 rings (SSSR count). The van der Waals surface area contributed by atoms with Crippen LogP contribution in [-0.4, -0.2) is 22.8 Å². The average molecular weight is 461 g/mol. The van der Waals surface area contributed by atoms with Gasteiger partial charge in [-0.05, 0) is 55.0 Å². The molecule has 0 atom stereocenters. The zero-order valence-corrected chi connectivity index (χ0v) is 17.6. The van der Waals surface area contributed by atoms with Crippen LogP contribution < -0.4 is 4.90 Å². The van der Waals surface area contributed by atoms with Crippen molar-refractivity contribution in [2.24, 2.45) is 4.99 Å². The normalized spacial score (nSPS) is 14.9. The van der Waals surface area contributed by atoms with Crippen LogP contribution in [0.4, 0.5) is 5.69 Å². The molecule has 0 saturated carbocycles. The molecule has 1 aliphatic heterocycles. The fourth-order valence-electron chi connectivity index (χ4n) is 3.12. The Labute approximate surface area is 182 Å². The van der Waals surface area contributed by atoms with Crippen LogP contribution in [0.1, 0.15) is 27.0 Å². The molecule has 1 N–H and O–H groups in total. The molecular weight excluding hydrogens is 444 g/mol. The maximum Gasteiger partial charge on any atom is 0.335 e. The molecule has 3 aromatic rings. The van der Waals surface area contributed by atoms with Gasteiger partial charge in [-0.15, -0.1) is 0 Å². The molecule has 30 heavy (non-hydrogen) atoms. The maximum atomic E-state index is 13.3. The molecule has 1 heterocycles. The lowest BCUT2D eigenvalue weighted by Crippen LogP contribution is -2.32. The lowest BCUT2D eigenvalue weighted by Gasteiger charge is -2.18. The van der Waals surface area contributed by atoms with Crippen LogP contribution in [0.2, 0.25) is 0 Å². The number of hydrogen-bond acceptors (Lipinski definition) is 3. The largest absolute Gasteiger partial charge is 0.478 e. The number of carboxylic acids is 1. The second-order valence-electron chi connectivity index (χ2n) is 6.88. The van der Waals surface area contributed by atoms with E-state index in [-0.39, 0.29) is 17.2 Å². The quantitative estimate of drug-likeness (QED) is 0.537. The first-order chi connectivity index (χ1) is 14.4. The van der Waals surface area contributed by atoms with E-state index in [1.54, 1.807) is 23.1 Å². The Hall–Kier alpha value is -3.51. The van der Waals surface area contributed by atoms with E-state index in [0.29, 0.717) is 11.4 Å². The number of carboxylic acid groups (broad SMARTS) is 1. The predicted molar refractivity (Wildman–Crippen MR) is 121 cm³/mol. The summed E-state index contributed by atoms with van der Waals surface area (Å²) in [6.07, 6.45) is 1.67. The number of aliphatic imine (C=N–C) groups is 1. The lowest BCUT2D eigenvalue weighted by molar-refractivity contribution is -0.113. The van der Waals surface area contributed by atoms with Crippen molar-refractivity contribution in [3.8, 4) is 0 Å². The van der Waals surface area contributed by atoms with Crippen LogP contribution in [0.15, 0.2) is 88.0 Å². The first-order valence-electron chi connectivity index (χ1n) is 9.23. The summed E-state index contributed by atoms with van der Waals surface area (Å²) in [7, 11) is 0. The maximum absolute atomic E-state index is 13.3. The summed E-state index contributed by atoms with van der Waals surface area (Å²) in [4.78, 5) is 30.5. The molecule has 3 aromatic carbocycles. The zero-order chi connectivity index (χ0) is 21.3. The summed E-state index contributed by atoms with van der Waals surface area (Å²) in [5.41, 5.74) is 3.83. The van der Waals surface area contributed by atoms with Crippen LogP contribution in [0, 0.1) is 6.92 Å². The SMILES string of the molecule is Cc1ccc(N2C(=O)/C(=C\c3ccc(C(=O)O)cc3)N=C2c2ccc(Br)cc2)cc1. The Kier molecular flexibility index (Phi) is 5.33. The van der Waals surface area contributed by atoms with Gasteiger partial charge in [0, 0.05) is 10.0 Å². The lowest BCUT2D eigenvalue weighted by atomic mass is 10.1. The average Bonchev–Trinajstić information content (AvgIpc) is 3.06. The number of hydrogen-bond donors (Lipinski definition) is 1. The fourth-order valence-corrected chi connectivity index (χ4v) is 3.39. The third-order valence-corrected chi connectivity index (χ3v) is 5.24.